The van der Waals surface area contributed by atoms with Crippen molar-refractivity contribution >= 4 is 31.9 Å². The molecule has 0 saturated carbocycles. The fraction of sp³-hybridized carbons (Fsp3) is 0.143. The van der Waals surface area contributed by atoms with Crippen molar-refractivity contribution in [1.29, 1.82) is 0 Å². The quantitative estimate of drug-likeness (QED) is 0.859. The smallest absolute Gasteiger partial charge is 0.128 e. The fourth-order valence-electron chi connectivity index (χ4n) is 1.62. The number of hydrogen-bond acceptors (Lipinski definition) is 2. The molecule has 0 atom stereocenters. The maximum Gasteiger partial charge on any atom is 0.128 e. The molecule has 94 valence electrons. The lowest BCUT2D eigenvalue weighted by Crippen LogP contribution is -2.03. The van der Waals surface area contributed by atoms with E-state index in [0.717, 1.165) is 26.9 Å². The summed E-state index contributed by atoms with van der Waals surface area (Å²) in [4.78, 5) is 0. The topological polar surface area (TPSA) is 35.2 Å². The summed E-state index contributed by atoms with van der Waals surface area (Å²) in [5, 5.41) is 0. The monoisotopic (exact) mass is 369 g/mol. The zero-order valence-corrected chi connectivity index (χ0v) is 12.9. The van der Waals surface area contributed by atoms with Crippen LogP contribution in [0.1, 0.15) is 5.56 Å². The van der Waals surface area contributed by atoms with Gasteiger partial charge in [-0.15, -0.1) is 0 Å². The van der Waals surface area contributed by atoms with Gasteiger partial charge in [-0.25, -0.2) is 0 Å². The summed E-state index contributed by atoms with van der Waals surface area (Å²) in [5.41, 5.74) is 6.74. The molecule has 0 heterocycles. The largest absolute Gasteiger partial charge is 0.457 e. The molecule has 0 spiro atoms. The van der Waals surface area contributed by atoms with Crippen LogP contribution in [-0.2, 0) is 6.42 Å². The van der Waals surface area contributed by atoms with E-state index in [1.807, 2.05) is 42.5 Å². The van der Waals surface area contributed by atoms with Gasteiger partial charge in [0.05, 0.1) is 0 Å². The molecule has 2 N–H and O–H groups in total. The lowest BCUT2D eigenvalue weighted by Gasteiger charge is -2.09. The Bertz CT molecular complexity index is 543. The van der Waals surface area contributed by atoms with E-state index >= 15 is 0 Å². The fourth-order valence-corrected chi connectivity index (χ4v) is 2.55. The van der Waals surface area contributed by atoms with Crippen LogP contribution in [0.5, 0.6) is 11.5 Å². The van der Waals surface area contributed by atoms with Crippen molar-refractivity contribution in [2.24, 2.45) is 5.73 Å². The molecule has 2 nitrogen and oxygen atoms in total. The molecule has 0 aliphatic rings. The molecule has 0 fully saturated rings. The molecule has 0 amide bonds. The number of hydrogen-bond donors (Lipinski definition) is 1. The van der Waals surface area contributed by atoms with Crippen LogP contribution >= 0.6 is 31.9 Å². The third kappa shape index (κ3) is 3.57. The van der Waals surface area contributed by atoms with E-state index in [4.69, 9.17) is 10.5 Å². The molecule has 4 heteroatoms. The van der Waals surface area contributed by atoms with Crippen molar-refractivity contribution in [3.05, 3.63) is 57.0 Å². The molecule has 0 saturated heterocycles. The first-order chi connectivity index (χ1) is 8.69. The Morgan fingerprint density at radius 2 is 1.78 bits per heavy atom. The molecule has 0 radical (unpaired) electrons. The van der Waals surface area contributed by atoms with Crippen LogP contribution in [0.15, 0.2) is 51.4 Å². The van der Waals surface area contributed by atoms with Crippen LogP contribution in [0.2, 0.25) is 0 Å². The van der Waals surface area contributed by atoms with Crippen molar-refractivity contribution in [2.45, 2.75) is 6.42 Å². The van der Waals surface area contributed by atoms with E-state index in [1.165, 1.54) is 5.56 Å². The van der Waals surface area contributed by atoms with Gasteiger partial charge in [-0.05, 0) is 48.9 Å². The second-order valence-electron chi connectivity index (χ2n) is 3.85. The predicted molar refractivity (Wildman–Crippen MR) is 81.1 cm³/mol. The third-order valence-electron chi connectivity index (χ3n) is 2.47. The van der Waals surface area contributed by atoms with Gasteiger partial charge in [0.1, 0.15) is 11.5 Å². The number of halogens is 2. The molecule has 0 aliphatic carbocycles. The number of ether oxygens (including phenoxy) is 1. The van der Waals surface area contributed by atoms with Gasteiger partial charge in [-0.3, -0.25) is 0 Å². The number of rotatable bonds is 4. The van der Waals surface area contributed by atoms with Crippen LogP contribution < -0.4 is 10.5 Å². The summed E-state index contributed by atoms with van der Waals surface area (Å²) in [5.74, 6) is 1.61. The first kappa shape index (κ1) is 13.6. The summed E-state index contributed by atoms with van der Waals surface area (Å²) >= 11 is 6.95. The van der Waals surface area contributed by atoms with Crippen molar-refractivity contribution < 1.29 is 4.74 Å². The van der Waals surface area contributed by atoms with Gasteiger partial charge in [-0.1, -0.05) is 44.0 Å². The molecular weight excluding hydrogens is 358 g/mol. The van der Waals surface area contributed by atoms with Crippen molar-refractivity contribution in [3.8, 4) is 11.5 Å². The summed E-state index contributed by atoms with van der Waals surface area (Å²) in [6.45, 7) is 0.643. The molecule has 2 aromatic carbocycles. The van der Waals surface area contributed by atoms with E-state index in [9.17, 15) is 0 Å². The van der Waals surface area contributed by atoms with Gasteiger partial charge < -0.3 is 10.5 Å². The van der Waals surface area contributed by atoms with Crippen LogP contribution in [-0.4, -0.2) is 6.54 Å². The van der Waals surface area contributed by atoms with Gasteiger partial charge in [0.2, 0.25) is 0 Å². The first-order valence-electron chi connectivity index (χ1n) is 5.61. The first-order valence-corrected chi connectivity index (χ1v) is 7.19. The predicted octanol–water partition coefficient (Wildman–Crippen LogP) is 4.51. The Hall–Kier alpha value is -0.840. The van der Waals surface area contributed by atoms with Crippen LogP contribution in [0.3, 0.4) is 0 Å². The highest BCUT2D eigenvalue weighted by Gasteiger charge is 2.03. The zero-order valence-electron chi connectivity index (χ0n) is 9.70. The highest BCUT2D eigenvalue weighted by Crippen LogP contribution is 2.28. The average molecular weight is 371 g/mol. The minimum Gasteiger partial charge on any atom is -0.457 e. The van der Waals surface area contributed by atoms with Gasteiger partial charge in [0.15, 0.2) is 0 Å². The Morgan fingerprint density at radius 1 is 1.00 bits per heavy atom. The number of nitrogens with two attached hydrogens (primary N) is 1. The lowest BCUT2D eigenvalue weighted by atomic mass is 10.1. The summed E-state index contributed by atoms with van der Waals surface area (Å²) in [6, 6.07) is 13.7. The standard InChI is InChI=1S/C14H13Br2NO/c15-11-2-1-3-12(8-11)18-13-5-4-10(6-7-17)14(16)9-13/h1-5,8-9H,6-7,17H2. The second-order valence-corrected chi connectivity index (χ2v) is 5.62. The normalized spacial score (nSPS) is 10.4. The van der Waals surface area contributed by atoms with E-state index in [1.54, 1.807) is 0 Å². The molecule has 0 bridgehead atoms. The molecule has 0 unspecified atom stereocenters. The Morgan fingerprint density at radius 3 is 2.44 bits per heavy atom. The SMILES string of the molecule is NCCc1ccc(Oc2cccc(Br)c2)cc1Br. The Labute approximate surface area is 123 Å². The zero-order chi connectivity index (χ0) is 13.0. The van der Waals surface area contributed by atoms with Crippen LogP contribution in [0.4, 0.5) is 0 Å². The molecule has 2 rings (SSSR count). The maximum atomic E-state index is 5.78. The van der Waals surface area contributed by atoms with Crippen molar-refractivity contribution in [3.63, 3.8) is 0 Å². The molecule has 2 aromatic rings. The van der Waals surface area contributed by atoms with Gasteiger partial charge >= 0.3 is 0 Å². The lowest BCUT2D eigenvalue weighted by molar-refractivity contribution is 0.481. The maximum absolute atomic E-state index is 5.78. The third-order valence-corrected chi connectivity index (χ3v) is 3.70. The van der Waals surface area contributed by atoms with Crippen LogP contribution in [0.25, 0.3) is 0 Å². The highest BCUT2D eigenvalue weighted by atomic mass is 79.9. The van der Waals surface area contributed by atoms with E-state index < -0.39 is 0 Å². The van der Waals surface area contributed by atoms with Gasteiger partial charge in [-0.2, -0.15) is 0 Å². The molecule has 18 heavy (non-hydrogen) atoms. The van der Waals surface area contributed by atoms with Crippen molar-refractivity contribution in [2.75, 3.05) is 6.54 Å². The summed E-state index contributed by atoms with van der Waals surface area (Å²) < 4.78 is 7.81. The highest BCUT2D eigenvalue weighted by molar-refractivity contribution is 9.10. The minimum atomic E-state index is 0.643. The average Bonchev–Trinajstić information content (AvgIpc) is 2.33. The van der Waals surface area contributed by atoms with Crippen LogP contribution in [0, 0.1) is 0 Å². The Kier molecular flexibility index (Phi) is 4.80. The van der Waals surface area contributed by atoms with E-state index in [2.05, 4.69) is 31.9 Å². The van der Waals surface area contributed by atoms with Gasteiger partial charge in [0, 0.05) is 8.95 Å². The second kappa shape index (κ2) is 6.36. The van der Waals surface area contributed by atoms with E-state index in [0.29, 0.717) is 6.54 Å². The van der Waals surface area contributed by atoms with E-state index in [-0.39, 0.29) is 0 Å². The molecule has 0 aliphatic heterocycles. The summed E-state index contributed by atoms with van der Waals surface area (Å²) in [7, 11) is 0. The Balaban J connectivity index is 2.17. The van der Waals surface area contributed by atoms with Gasteiger partial charge in [0.25, 0.3) is 0 Å². The summed E-state index contributed by atoms with van der Waals surface area (Å²) in [6.07, 6.45) is 0.859. The molecular formula is C14H13Br2NO. The molecule has 0 aromatic heterocycles. The van der Waals surface area contributed by atoms with Crippen molar-refractivity contribution in [1.82, 2.24) is 0 Å². The number of benzene rings is 2. The minimum absolute atomic E-state index is 0.643.